The minimum absolute atomic E-state index is 0.0390. The standard InChI is InChI=1S/C15H16FN3O2/c1-10-3-2-4-15(21)19(10)8-7-14(20)18-13-9-11(17)5-6-12(13)16/h2-6,9H,7-8,17H2,1H3,(H,18,20). The third-order valence-electron chi connectivity index (χ3n) is 3.09. The second kappa shape index (κ2) is 6.21. The van der Waals surface area contributed by atoms with Crippen LogP contribution < -0.4 is 16.6 Å². The highest BCUT2D eigenvalue weighted by atomic mass is 19.1. The molecule has 2 aromatic rings. The van der Waals surface area contributed by atoms with Crippen LogP contribution in [0.4, 0.5) is 15.8 Å². The van der Waals surface area contributed by atoms with Gasteiger partial charge in [0.15, 0.2) is 0 Å². The summed E-state index contributed by atoms with van der Waals surface area (Å²) in [5.41, 5.74) is 6.55. The maximum Gasteiger partial charge on any atom is 0.250 e. The van der Waals surface area contributed by atoms with Gasteiger partial charge in [-0.15, -0.1) is 0 Å². The second-order valence-corrected chi connectivity index (χ2v) is 4.69. The van der Waals surface area contributed by atoms with Gasteiger partial charge in [0, 0.05) is 30.4 Å². The highest BCUT2D eigenvalue weighted by Crippen LogP contribution is 2.17. The minimum atomic E-state index is -0.550. The maximum atomic E-state index is 13.5. The highest BCUT2D eigenvalue weighted by molar-refractivity contribution is 5.91. The van der Waals surface area contributed by atoms with Crippen LogP contribution in [-0.4, -0.2) is 10.5 Å². The first kappa shape index (κ1) is 14.8. The van der Waals surface area contributed by atoms with Crippen molar-refractivity contribution in [3.05, 3.63) is 58.3 Å². The summed E-state index contributed by atoms with van der Waals surface area (Å²) in [7, 11) is 0. The predicted molar refractivity (Wildman–Crippen MR) is 79.5 cm³/mol. The number of rotatable bonds is 4. The molecule has 0 atom stereocenters. The highest BCUT2D eigenvalue weighted by Gasteiger charge is 2.08. The van der Waals surface area contributed by atoms with Gasteiger partial charge in [-0.1, -0.05) is 6.07 Å². The maximum absolute atomic E-state index is 13.5. The molecule has 5 nitrogen and oxygen atoms in total. The number of anilines is 2. The number of carbonyl (C=O) groups excluding carboxylic acids is 1. The van der Waals surface area contributed by atoms with E-state index in [1.165, 1.54) is 28.8 Å². The molecule has 1 aromatic heterocycles. The molecule has 0 saturated heterocycles. The van der Waals surface area contributed by atoms with Gasteiger partial charge in [0.25, 0.3) is 5.56 Å². The molecule has 1 amide bonds. The molecule has 1 heterocycles. The van der Waals surface area contributed by atoms with Crippen LogP contribution in [0.25, 0.3) is 0 Å². The predicted octanol–water partition coefficient (Wildman–Crippen LogP) is 1.91. The smallest absolute Gasteiger partial charge is 0.250 e. The summed E-state index contributed by atoms with van der Waals surface area (Å²) in [4.78, 5) is 23.5. The molecule has 1 aromatic carbocycles. The van der Waals surface area contributed by atoms with E-state index in [0.29, 0.717) is 5.69 Å². The molecule has 0 unspecified atom stereocenters. The van der Waals surface area contributed by atoms with E-state index < -0.39 is 5.82 Å². The normalized spacial score (nSPS) is 10.4. The first-order valence-electron chi connectivity index (χ1n) is 6.48. The van der Waals surface area contributed by atoms with Crippen LogP contribution in [0.1, 0.15) is 12.1 Å². The SMILES string of the molecule is Cc1cccc(=O)n1CCC(=O)Nc1cc(N)ccc1F. The average molecular weight is 289 g/mol. The van der Waals surface area contributed by atoms with Gasteiger partial charge >= 0.3 is 0 Å². The molecule has 0 fully saturated rings. The van der Waals surface area contributed by atoms with E-state index in [0.717, 1.165) is 5.69 Å². The van der Waals surface area contributed by atoms with Crippen molar-refractivity contribution in [3.63, 3.8) is 0 Å². The van der Waals surface area contributed by atoms with Gasteiger partial charge in [0.2, 0.25) is 5.91 Å². The first-order chi connectivity index (χ1) is 9.97. The van der Waals surface area contributed by atoms with Crippen LogP contribution in [-0.2, 0) is 11.3 Å². The van der Waals surface area contributed by atoms with E-state index in [1.54, 1.807) is 19.1 Å². The summed E-state index contributed by atoms with van der Waals surface area (Å²) in [5.74, 6) is -0.930. The molecule has 0 radical (unpaired) electrons. The average Bonchev–Trinajstić information content (AvgIpc) is 2.42. The van der Waals surface area contributed by atoms with Crippen LogP contribution in [0, 0.1) is 12.7 Å². The first-order valence-corrected chi connectivity index (χ1v) is 6.48. The van der Waals surface area contributed by atoms with Crippen molar-refractivity contribution < 1.29 is 9.18 Å². The molecule has 21 heavy (non-hydrogen) atoms. The van der Waals surface area contributed by atoms with Gasteiger partial charge in [-0.3, -0.25) is 9.59 Å². The van der Waals surface area contributed by atoms with Crippen LogP contribution in [0.15, 0.2) is 41.2 Å². The van der Waals surface area contributed by atoms with Crippen LogP contribution in [0.2, 0.25) is 0 Å². The fourth-order valence-electron chi connectivity index (χ4n) is 1.97. The lowest BCUT2D eigenvalue weighted by Gasteiger charge is -2.10. The van der Waals surface area contributed by atoms with Gasteiger partial charge < -0.3 is 15.6 Å². The number of amides is 1. The lowest BCUT2D eigenvalue weighted by molar-refractivity contribution is -0.116. The Morgan fingerprint density at radius 3 is 2.81 bits per heavy atom. The number of hydrogen-bond donors (Lipinski definition) is 2. The summed E-state index contributed by atoms with van der Waals surface area (Å²) < 4.78 is 15.0. The molecule has 0 saturated carbocycles. The molecule has 0 spiro atoms. The zero-order valence-electron chi connectivity index (χ0n) is 11.6. The Hall–Kier alpha value is -2.63. The lowest BCUT2D eigenvalue weighted by Crippen LogP contribution is -2.24. The third kappa shape index (κ3) is 3.68. The quantitative estimate of drug-likeness (QED) is 0.844. The summed E-state index contributed by atoms with van der Waals surface area (Å²) in [6, 6.07) is 8.84. The Kier molecular flexibility index (Phi) is 4.37. The minimum Gasteiger partial charge on any atom is -0.399 e. The molecular formula is C15H16FN3O2. The molecule has 0 aliphatic carbocycles. The van der Waals surface area contributed by atoms with Crippen LogP contribution >= 0.6 is 0 Å². The van der Waals surface area contributed by atoms with Gasteiger partial charge in [-0.25, -0.2) is 4.39 Å². The van der Waals surface area contributed by atoms with Crippen molar-refractivity contribution in [2.45, 2.75) is 19.9 Å². The van der Waals surface area contributed by atoms with E-state index in [9.17, 15) is 14.0 Å². The zero-order chi connectivity index (χ0) is 15.4. The van der Waals surface area contributed by atoms with Gasteiger partial charge in [-0.05, 0) is 31.2 Å². The topological polar surface area (TPSA) is 77.1 Å². The number of benzene rings is 1. The largest absolute Gasteiger partial charge is 0.399 e. The summed E-state index contributed by atoms with van der Waals surface area (Å²) in [6.45, 7) is 2.03. The number of nitrogens with one attached hydrogen (secondary N) is 1. The van der Waals surface area contributed by atoms with E-state index in [1.807, 2.05) is 0 Å². The van der Waals surface area contributed by atoms with E-state index >= 15 is 0 Å². The molecule has 2 rings (SSSR count). The monoisotopic (exact) mass is 289 g/mol. The van der Waals surface area contributed by atoms with Gasteiger partial charge in [0.1, 0.15) is 5.82 Å². The number of nitrogens with zero attached hydrogens (tertiary/aromatic N) is 1. The third-order valence-corrected chi connectivity index (χ3v) is 3.09. The molecule has 0 bridgehead atoms. The molecule has 110 valence electrons. The molecule has 3 N–H and O–H groups in total. The Balaban J connectivity index is 2.03. The summed E-state index contributed by atoms with van der Waals surface area (Å²) >= 11 is 0. The van der Waals surface area contributed by atoms with E-state index in [2.05, 4.69) is 5.32 Å². The van der Waals surface area contributed by atoms with Crippen molar-refractivity contribution in [1.82, 2.24) is 4.57 Å². The van der Waals surface area contributed by atoms with Crippen molar-refractivity contribution in [3.8, 4) is 0 Å². The Bertz CT molecular complexity index is 725. The number of carbonyl (C=O) groups is 1. The van der Waals surface area contributed by atoms with Gasteiger partial charge in [-0.2, -0.15) is 0 Å². The fourth-order valence-corrected chi connectivity index (χ4v) is 1.97. The number of aryl methyl sites for hydroxylation is 1. The molecule has 6 heteroatoms. The van der Waals surface area contributed by atoms with Crippen molar-refractivity contribution >= 4 is 17.3 Å². The number of hydrogen-bond acceptors (Lipinski definition) is 3. The van der Waals surface area contributed by atoms with E-state index in [-0.39, 0.29) is 30.1 Å². The van der Waals surface area contributed by atoms with Crippen molar-refractivity contribution in [1.29, 1.82) is 0 Å². The van der Waals surface area contributed by atoms with Gasteiger partial charge in [0.05, 0.1) is 5.69 Å². The summed E-state index contributed by atoms with van der Waals surface area (Å²) in [5, 5.41) is 2.45. The van der Waals surface area contributed by atoms with Crippen LogP contribution in [0.5, 0.6) is 0 Å². The Morgan fingerprint density at radius 1 is 1.33 bits per heavy atom. The number of nitrogen functional groups attached to an aromatic ring is 1. The molecular weight excluding hydrogens is 273 g/mol. The summed E-state index contributed by atoms with van der Waals surface area (Å²) in [6.07, 6.45) is 0.0685. The zero-order valence-corrected chi connectivity index (χ0v) is 11.6. The lowest BCUT2D eigenvalue weighted by atomic mass is 10.2. The number of nitrogens with two attached hydrogens (primary N) is 1. The second-order valence-electron chi connectivity index (χ2n) is 4.69. The number of halogens is 1. The molecule has 0 aliphatic rings. The fraction of sp³-hybridized carbons (Fsp3) is 0.200. The molecule has 0 aliphatic heterocycles. The van der Waals surface area contributed by atoms with Crippen LogP contribution in [0.3, 0.4) is 0 Å². The number of pyridine rings is 1. The van der Waals surface area contributed by atoms with E-state index in [4.69, 9.17) is 5.73 Å². The Labute approximate surface area is 121 Å². The Morgan fingerprint density at radius 2 is 2.10 bits per heavy atom. The van der Waals surface area contributed by atoms with Crippen molar-refractivity contribution in [2.24, 2.45) is 0 Å². The van der Waals surface area contributed by atoms with Crippen molar-refractivity contribution in [2.75, 3.05) is 11.1 Å². The number of aromatic nitrogens is 1.